The molecule has 3 nitrogen and oxygen atoms in total. The number of rotatable bonds is 5. The van der Waals surface area contributed by atoms with E-state index in [1.54, 1.807) is 23.5 Å². The second-order valence-corrected chi connectivity index (χ2v) is 8.98. The fourth-order valence-electron chi connectivity index (χ4n) is 1.98. The molecule has 0 bridgehead atoms. The number of nitrogens with one attached hydrogen (secondary N) is 1. The lowest BCUT2D eigenvalue weighted by atomic mass is 10.1. The molecule has 108 valence electrons. The Morgan fingerprint density at radius 2 is 1.85 bits per heavy atom. The van der Waals surface area contributed by atoms with Crippen LogP contribution in [-0.2, 0) is 9.84 Å². The first-order chi connectivity index (χ1) is 9.41. The van der Waals surface area contributed by atoms with Gasteiger partial charge in [-0.05, 0) is 52.3 Å². The van der Waals surface area contributed by atoms with Crippen molar-refractivity contribution in [3.8, 4) is 0 Å². The van der Waals surface area contributed by atoms with Gasteiger partial charge < -0.3 is 5.32 Å². The molecule has 0 aliphatic heterocycles. The van der Waals surface area contributed by atoms with E-state index in [4.69, 9.17) is 0 Å². The van der Waals surface area contributed by atoms with Gasteiger partial charge in [-0.15, -0.1) is 11.3 Å². The van der Waals surface area contributed by atoms with Crippen molar-refractivity contribution < 1.29 is 8.42 Å². The van der Waals surface area contributed by atoms with Crippen LogP contribution in [0.15, 0.2) is 45.1 Å². The van der Waals surface area contributed by atoms with Crippen molar-refractivity contribution in [2.24, 2.45) is 0 Å². The average molecular weight is 374 g/mol. The first kappa shape index (κ1) is 15.7. The Labute approximate surface area is 132 Å². The van der Waals surface area contributed by atoms with E-state index < -0.39 is 9.84 Å². The predicted octanol–water partition coefficient (Wildman–Crippen LogP) is 3.61. The summed E-state index contributed by atoms with van der Waals surface area (Å²) in [5.41, 5.74) is 1.06. The number of thiophene rings is 1. The Hall–Kier alpha value is -0.690. The molecule has 0 spiro atoms. The summed E-state index contributed by atoms with van der Waals surface area (Å²) in [7, 11) is -3.14. The highest BCUT2D eigenvalue weighted by Crippen LogP contribution is 2.31. The zero-order valence-corrected chi connectivity index (χ0v) is 14.5. The van der Waals surface area contributed by atoms with Crippen molar-refractivity contribution in [3.05, 3.63) is 50.6 Å². The van der Waals surface area contributed by atoms with Gasteiger partial charge in [-0.2, -0.15) is 0 Å². The van der Waals surface area contributed by atoms with E-state index in [0.717, 1.165) is 15.9 Å². The van der Waals surface area contributed by atoms with Gasteiger partial charge in [-0.1, -0.05) is 19.1 Å². The third kappa shape index (κ3) is 3.69. The Bertz CT molecular complexity index is 677. The van der Waals surface area contributed by atoms with E-state index >= 15 is 0 Å². The van der Waals surface area contributed by atoms with Crippen molar-refractivity contribution in [1.29, 1.82) is 0 Å². The minimum absolute atomic E-state index is 0.0879. The van der Waals surface area contributed by atoms with Gasteiger partial charge in [-0.3, -0.25) is 0 Å². The van der Waals surface area contributed by atoms with E-state index in [0.29, 0.717) is 4.90 Å². The highest BCUT2D eigenvalue weighted by molar-refractivity contribution is 9.11. The van der Waals surface area contributed by atoms with Crippen molar-refractivity contribution in [3.63, 3.8) is 0 Å². The normalized spacial score (nSPS) is 13.3. The Morgan fingerprint density at radius 3 is 2.30 bits per heavy atom. The van der Waals surface area contributed by atoms with Gasteiger partial charge >= 0.3 is 0 Å². The molecule has 1 heterocycles. The number of benzene rings is 1. The Morgan fingerprint density at radius 1 is 1.20 bits per heavy atom. The van der Waals surface area contributed by atoms with Crippen LogP contribution in [0.3, 0.4) is 0 Å². The number of hydrogen-bond donors (Lipinski definition) is 1. The maximum absolute atomic E-state index is 11.5. The molecular formula is C14H16BrNO2S2. The van der Waals surface area contributed by atoms with Crippen molar-refractivity contribution in [1.82, 2.24) is 5.32 Å². The van der Waals surface area contributed by atoms with Gasteiger partial charge in [0, 0.05) is 11.1 Å². The van der Waals surface area contributed by atoms with E-state index in [9.17, 15) is 8.42 Å². The van der Waals surface area contributed by atoms with Gasteiger partial charge in [-0.25, -0.2) is 8.42 Å². The number of halogens is 1. The van der Waals surface area contributed by atoms with Gasteiger partial charge in [0.1, 0.15) is 0 Å². The van der Waals surface area contributed by atoms with Crippen LogP contribution in [0.1, 0.15) is 23.4 Å². The minimum atomic E-state index is -3.14. The second-order valence-electron chi connectivity index (χ2n) is 4.47. The predicted molar refractivity (Wildman–Crippen MR) is 87.1 cm³/mol. The summed E-state index contributed by atoms with van der Waals surface area (Å²) in [6.07, 6.45) is 1.22. The Kier molecular flexibility index (Phi) is 5.01. The summed E-state index contributed by atoms with van der Waals surface area (Å²) in [5, 5.41) is 3.43. The van der Waals surface area contributed by atoms with Crippen LogP contribution >= 0.6 is 27.3 Å². The van der Waals surface area contributed by atoms with Crippen LogP contribution in [0.4, 0.5) is 0 Å². The minimum Gasteiger partial charge on any atom is -0.306 e. The first-order valence-corrected chi connectivity index (χ1v) is 9.70. The van der Waals surface area contributed by atoms with Crippen molar-refractivity contribution in [2.75, 3.05) is 12.8 Å². The summed E-state index contributed by atoms with van der Waals surface area (Å²) in [6.45, 7) is 2.90. The van der Waals surface area contributed by atoms with Crippen molar-refractivity contribution in [2.45, 2.75) is 17.9 Å². The van der Waals surface area contributed by atoms with Crippen LogP contribution in [-0.4, -0.2) is 21.2 Å². The molecule has 0 aliphatic carbocycles. The fraction of sp³-hybridized carbons (Fsp3) is 0.286. The van der Waals surface area contributed by atoms with Crippen molar-refractivity contribution >= 4 is 37.1 Å². The largest absolute Gasteiger partial charge is 0.306 e. The molecule has 0 aliphatic rings. The van der Waals surface area contributed by atoms with Gasteiger partial charge in [0.05, 0.1) is 14.7 Å². The van der Waals surface area contributed by atoms with E-state index in [2.05, 4.69) is 34.2 Å². The molecule has 1 aromatic carbocycles. The van der Waals surface area contributed by atoms with Crippen LogP contribution in [0, 0.1) is 0 Å². The van der Waals surface area contributed by atoms with Crippen LogP contribution in [0.25, 0.3) is 0 Å². The number of hydrogen-bond acceptors (Lipinski definition) is 4. The lowest BCUT2D eigenvalue weighted by Gasteiger charge is -2.17. The third-order valence-corrected chi connectivity index (χ3v) is 5.75. The fourth-order valence-corrected chi connectivity index (χ4v) is 4.14. The SMILES string of the molecule is CCNC(c1ccc(S(C)(=O)=O)cc1)c1ccc(Br)s1. The standard InChI is InChI=1S/C14H16BrNO2S2/c1-3-16-14(12-8-9-13(15)19-12)10-4-6-11(7-5-10)20(2,17)18/h4-9,14,16H,3H2,1-2H3. The van der Waals surface area contributed by atoms with Gasteiger partial charge in [0.2, 0.25) is 0 Å². The van der Waals surface area contributed by atoms with E-state index in [1.807, 2.05) is 18.2 Å². The molecule has 0 radical (unpaired) electrons. The van der Waals surface area contributed by atoms with Gasteiger partial charge in [0.25, 0.3) is 0 Å². The summed E-state index contributed by atoms with van der Waals surface area (Å²) in [5.74, 6) is 0. The lowest BCUT2D eigenvalue weighted by molar-refractivity contribution is 0.601. The zero-order chi connectivity index (χ0) is 14.8. The van der Waals surface area contributed by atoms with Crippen LogP contribution < -0.4 is 5.32 Å². The molecule has 0 fully saturated rings. The Balaban J connectivity index is 2.35. The first-order valence-electron chi connectivity index (χ1n) is 6.20. The summed E-state index contributed by atoms with van der Waals surface area (Å²) in [4.78, 5) is 1.55. The molecule has 1 unspecified atom stereocenters. The third-order valence-electron chi connectivity index (χ3n) is 2.93. The number of sulfone groups is 1. The lowest BCUT2D eigenvalue weighted by Crippen LogP contribution is -2.21. The molecule has 0 saturated heterocycles. The average Bonchev–Trinajstić information content (AvgIpc) is 2.81. The second kappa shape index (κ2) is 6.39. The van der Waals surface area contributed by atoms with E-state index in [-0.39, 0.29) is 6.04 Å². The maximum atomic E-state index is 11.5. The topological polar surface area (TPSA) is 46.2 Å². The van der Waals surface area contributed by atoms with E-state index in [1.165, 1.54) is 11.1 Å². The van der Waals surface area contributed by atoms with Crippen LogP contribution in [0.2, 0.25) is 0 Å². The smallest absolute Gasteiger partial charge is 0.175 e. The molecule has 2 rings (SSSR count). The summed E-state index contributed by atoms with van der Waals surface area (Å²) < 4.78 is 24.1. The maximum Gasteiger partial charge on any atom is 0.175 e. The highest BCUT2D eigenvalue weighted by atomic mass is 79.9. The molecule has 1 aromatic heterocycles. The molecule has 0 amide bonds. The molecule has 0 saturated carbocycles. The summed E-state index contributed by atoms with van der Waals surface area (Å²) >= 11 is 5.15. The monoisotopic (exact) mass is 373 g/mol. The molecule has 1 N–H and O–H groups in total. The molecule has 2 aromatic rings. The molecular weight excluding hydrogens is 358 g/mol. The highest BCUT2D eigenvalue weighted by Gasteiger charge is 2.16. The summed E-state index contributed by atoms with van der Waals surface area (Å²) in [6, 6.07) is 11.3. The molecule has 20 heavy (non-hydrogen) atoms. The van der Waals surface area contributed by atoms with Gasteiger partial charge in [0.15, 0.2) is 9.84 Å². The molecule has 6 heteroatoms. The quantitative estimate of drug-likeness (QED) is 0.870. The zero-order valence-electron chi connectivity index (χ0n) is 11.3. The molecule has 1 atom stereocenters. The van der Waals surface area contributed by atoms with Crippen LogP contribution in [0.5, 0.6) is 0 Å².